The molecule has 5 heteroatoms. The molecular formula is C10H16N4O. The summed E-state index contributed by atoms with van der Waals surface area (Å²) in [5.74, 6) is 0.220. The van der Waals surface area contributed by atoms with E-state index in [-0.39, 0.29) is 11.9 Å². The van der Waals surface area contributed by atoms with Crippen LogP contribution < -0.4 is 5.32 Å². The molecule has 0 radical (unpaired) electrons. The molecule has 0 saturated carbocycles. The number of nitrogens with zero attached hydrogens (tertiary/aromatic N) is 3. The van der Waals surface area contributed by atoms with Gasteiger partial charge < -0.3 is 14.8 Å². The van der Waals surface area contributed by atoms with Gasteiger partial charge in [0.05, 0.1) is 12.4 Å². The second kappa shape index (κ2) is 4.44. The van der Waals surface area contributed by atoms with Crippen LogP contribution in [0.2, 0.25) is 0 Å². The molecule has 1 saturated heterocycles. The van der Waals surface area contributed by atoms with Crippen LogP contribution in [0.3, 0.4) is 0 Å². The third-order valence-corrected chi connectivity index (χ3v) is 2.83. The Morgan fingerprint density at radius 2 is 2.47 bits per heavy atom. The van der Waals surface area contributed by atoms with E-state index >= 15 is 0 Å². The number of likely N-dealkylation sites (N-methyl/N-ethyl adjacent to an activating group) is 1. The Balaban J connectivity index is 1.84. The fraction of sp³-hybridized carbons (Fsp3) is 0.600. The van der Waals surface area contributed by atoms with E-state index < -0.39 is 0 Å². The molecule has 1 aliphatic heterocycles. The lowest BCUT2D eigenvalue weighted by Crippen LogP contribution is -2.37. The molecule has 0 aliphatic carbocycles. The summed E-state index contributed by atoms with van der Waals surface area (Å²) in [7, 11) is 1.84. The van der Waals surface area contributed by atoms with Crippen molar-refractivity contribution in [2.75, 3.05) is 20.1 Å². The summed E-state index contributed by atoms with van der Waals surface area (Å²) < 4.78 is 1.99. The number of carbonyl (C=O) groups is 1. The van der Waals surface area contributed by atoms with Gasteiger partial charge >= 0.3 is 0 Å². The molecule has 1 N–H and O–H groups in total. The molecule has 15 heavy (non-hydrogen) atoms. The highest BCUT2D eigenvalue weighted by molar-refractivity contribution is 5.83. The quantitative estimate of drug-likeness (QED) is 0.739. The van der Waals surface area contributed by atoms with Crippen molar-refractivity contribution in [3.8, 4) is 0 Å². The van der Waals surface area contributed by atoms with E-state index in [1.807, 2.05) is 22.7 Å². The van der Waals surface area contributed by atoms with Crippen LogP contribution in [-0.2, 0) is 11.3 Å². The van der Waals surface area contributed by atoms with Crippen LogP contribution in [0.15, 0.2) is 18.7 Å². The number of hydrogen-bond donors (Lipinski definition) is 1. The predicted octanol–water partition coefficient (Wildman–Crippen LogP) is -0.297. The van der Waals surface area contributed by atoms with Crippen LogP contribution in [0.25, 0.3) is 0 Å². The molecule has 5 nitrogen and oxygen atoms in total. The zero-order valence-corrected chi connectivity index (χ0v) is 8.89. The van der Waals surface area contributed by atoms with Gasteiger partial charge in [0.25, 0.3) is 0 Å². The molecule has 1 fully saturated rings. The Kier molecular flexibility index (Phi) is 3.01. The monoisotopic (exact) mass is 208 g/mol. The minimum absolute atomic E-state index is 0.0211. The van der Waals surface area contributed by atoms with Crippen molar-refractivity contribution in [3.63, 3.8) is 0 Å². The molecule has 1 amide bonds. The summed E-state index contributed by atoms with van der Waals surface area (Å²) >= 11 is 0. The smallest absolute Gasteiger partial charge is 0.239 e. The molecule has 0 bridgehead atoms. The molecule has 2 heterocycles. The number of carbonyl (C=O) groups excluding carboxylic acids is 1. The van der Waals surface area contributed by atoms with E-state index in [0.29, 0.717) is 0 Å². The average molecular weight is 208 g/mol. The first-order chi connectivity index (χ1) is 7.31. The highest BCUT2D eigenvalue weighted by Gasteiger charge is 2.29. The van der Waals surface area contributed by atoms with E-state index in [4.69, 9.17) is 0 Å². The van der Waals surface area contributed by atoms with Gasteiger partial charge in [0.2, 0.25) is 5.91 Å². The van der Waals surface area contributed by atoms with Gasteiger partial charge in [-0.1, -0.05) is 0 Å². The maximum Gasteiger partial charge on any atom is 0.239 e. The maximum atomic E-state index is 11.7. The van der Waals surface area contributed by atoms with E-state index in [1.54, 1.807) is 12.5 Å². The molecule has 1 atom stereocenters. The first-order valence-electron chi connectivity index (χ1n) is 5.23. The van der Waals surface area contributed by atoms with E-state index in [1.165, 1.54) is 0 Å². The molecule has 2 rings (SSSR count). The summed E-state index contributed by atoms with van der Waals surface area (Å²) in [4.78, 5) is 17.6. The Bertz CT molecular complexity index is 322. The van der Waals surface area contributed by atoms with Crippen LogP contribution in [-0.4, -0.2) is 46.5 Å². The van der Waals surface area contributed by atoms with E-state index in [2.05, 4.69) is 10.3 Å². The number of imidazole rings is 1. The van der Waals surface area contributed by atoms with Crippen LogP contribution in [0.4, 0.5) is 0 Å². The Labute approximate surface area is 89.1 Å². The number of aromatic nitrogens is 2. The van der Waals surface area contributed by atoms with Gasteiger partial charge in [-0.2, -0.15) is 0 Å². The summed E-state index contributed by atoms with van der Waals surface area (Å²) in [6, 6.07) is 0.0211. The van der Waals surface area contributed by atoms with Gasteiger partial charge in [0.1, 0.15) is 0 Å². The lowest BCUT2D eigenvalue weighted by molar-refractivity contribution is -0.129. The van der Waals surface area contributed by atoms with Gasteiger partial charge in [0.15, 0.2) is 0 Å². The highest BCUT2D eigenvalue weighted by atomic mass is 16.2. The second-order valence-corrected chi connectivity index (χ2v) is 3.76. The molecule has 0 aromatic carbocycles. The van der Waals surface area contributed by atoms with Crippen molar-refractivity contribution in [3.05, 3.63) is 18.7 Å². The van der Waals surface area contributed by atoms with Crippen molar-refractivity contribution < 1.29 is 4.79 Å². The van der Waals surface area contributed by atoms with Gasteiger partial charge in [0, 0.05) is 32.0 Å². The largest absolute Gasteiger partial charge is 0.339 e. The van der Waals surface area contributed by atoms with Gasteiger partial charge in [-0.25, -0.2) is 4.98 Å². The Morgan fingerprint density at radius 1 is 1.60 bits per heavy atom. The Morgan fingerprint density at radius 3 is 3.07 bits per heavy atom. The summed E-state index contributed by atoms with van der Waals surface area (Å²) in [5.41, 5.74) is 0. The number of amides is 1. The molecular weight excluding hydrogens is 192 g/mol. The van der Waals surface area contributed by atoms with Crippen molar-refractivity contribution in [1.29, 1.82) is 0 Å². The summed E-state index contributed by atoms with van der Waals surface area (Å²) in [6.07, 6.45) is 6.35. The molecule has 0 spiro atoms. The van der Waals surface area contributed by atoms with Crippen LogP contribution in [0.1, 0.15) is 6.42 Å². The van der Waals surface area contributed by atoms with Crippen molar-refractivity contribution in [2.24, 2.45) is 0 Å². The summed E-state index contributed by atoms with van der Waals surface area (Å²) in [6.45, 7) is 2.45. The molecule has 1 unspecified atom stereocenters. The van der Waals surface area contributed by atoms with Gasteiger partial charge in [-0.05, 0) is 13.5 Å². The van der Waals surface area contributed by atoms with Gasteiger partial charge in [-0.15, -0.1) is 0 Å². The standard InChI is InChI=1S/C10H16N4O/c1-11-9-2-4-14(10(9)15)7-6-13-5-3-12-8-13/h3,5,8-9,11H,2,4,6-7H2,1H3. The number of likely N-dealkylation sites (tertiary alicyclic amines) is 1. The lowest BCUT2D eigenvalue weighted by Gasteiger charge is -2.16. The van der Waals surface area contributed by atoms with Crippen LogP contribution >= 0.6 is 0 Å². The van der Waals surface area contributed by atoms with E-state index in [0.717, 1.165) is 26.1 Å². The topological polar surface area (TPSA) is 50.2 Å². The van der Waals surface area contributed by atoms with Crippen molar-refractivity contribution >= 4 is 5.91 Å². The normalized spacial score (nSPS) is 21.3. The maximum absolute atomic E-state index is 11.7. The number of rotatable bonds is 4. The zero-order chi connectivity index (χ0) is 10.7. The number of hydrogen-bond acceptors (Lipinski definition) is 3. The SMILES string of the molecule is CNC1CCN(CCn2ccnc2)C1=O. The van der Waals surface area contributed by atoms with Crippen LogP contribution in [0.5, 0.6) is 0 Å². The molecule has 1 aliphatic rings. The minimum Gasteiger partial charge on any atom is -0.339 e. The fourth-order valence-corrected chi connectivity index (χ4v) is 1.88. The summed E-state index contributed by atoms with van der Waals surface area (Å²) in [5, 5.41) is 3.03. The second-order valence-electron chi connectivity index (χ2n) is 3.76. The lowest BCUT2D eigenvalue weighted by atomic mass is 10.3. The van der Waals surface area contributed by atoms with E-state index in [9.17, 15) is 4.79 Å². The molecule has 82 valence electrons. The third-order valence-electron chi connectivity index (χ3n) is 2.83. The Hall–Kier alpha value is -1.36. The third kappa shape index (κ3) is 2.18. The average Bonchev–Trinajstić information content (AvgIpc) is 2.85. The van der Waals surface area contributed by atoms with Crippen molar-refractivity contribution in [2.45, 2.75) is 19.0 Å². The molecule has 1 aromatic heterocycles. The zero-order valence-electron chi connectivity index (χ0n) is 8.89. The predicted molar refractivity (Wildman–Crippen MR) is 56.3 cm³/mol. The van der Waals surface area contributed by atoms with Gasteiger partial charge in [-0.3, -0.25) is 4.79 Å². The molecule has 1 aromatic rings. The fourth-order valence-electron chi connectivity index (χ4n) is 1.88. The number of nitrogens with one attached hydrogen (secondary N) is 1. The van der Waals surface area contributed by atoms with Crippen molar-refractivity contribution in [1.82, 2.24) is 19.8 Å². The first kappa shape index (κ1) is 10.2. The minimum atomic E-state index is 0.0211. The van der Waals surface area contributed by atoms with Crippen LogP contribution in [0, 0.1) is 0 Å². The highest BCUT2D eigenvalue weighted by Crippen LogP contribution is 2.10. The first-order valence-corrected chi connectivity index (χ1v) is 5.23.